The van der Waals surface area contributed by atoms with E-state index in [9.17, 15) is 0 Å². The smallest absolute Gasteiger partial charge is 0.275 e. The number of aliphatic imine (C=N–C) groups is 1. The molecule has 1 heterocycles. The van der Waals surface area contributed by atoms with E-state index in [4.69, 9.17) is 0 Å². The van der Waals surface area contributed by atoms with Crippen LogP contribution in [0.3, 0.4) is 0 Å². The average Bonchev–Trinajstić information content (AvgIpc) is 2.53. The molecule has 0 bridgehead atoms. The number of fused-ring (bicyclic) bond motifs is 1. The molecule has 0 saturated carbocycles. The summed E-state index contributed by atoms with van der Waals surface area (Å²) >= 11 is 14.2. The van der Waals surface area contributed by atoms with Gasteiger partial charge in [-0.1, -0.05) is 6.92 Å². The molecule has 0 aromatic heterocycles. The molecule has 2 rings (SSSR count). The summed E-state index contributed by atoms with van der Waals surface area (Å²) in [5.41, 5.74) is 2.21. The molecule has 1 unspecified atom stereocenters. The van der Waals surface area contributed by atoms with Gasteiger partial charge in [0.1, 0.15) is 5.69 Å². The van der Waals surface area contributed by atoms with Gasteiger partial charge in [0.05, 0.1) is 15.5 Å². The zero-order chi connectivity index (χ0) is 11.9. The molecule has 0 radical (unpaired) electrons. The molecule has 94 valence electrons. The van der Waals surface area contributed by atoms with Crippen LogP contribution in [0.1, 0.15) is 13.3 Å². The van der Waals surface area contributed by atoms with Crippen LogP contribution in [0, 0.1) is 0 Å². The van der Waals surface area contributed by atoms with Gasteiger partial charge in [0.15, 0.2) is 5.69 Å². The molecule has 0 aliphatic carbocycles. The predicted molar refractivity (Wildman–Crippen MR) is 81.3 cm³/mol. The Morgan fingerprint density at radius 1 is 1.18 bits per heavy atom. The quantitative estimate of drug-likeness (QED) is 0.418. The Morgan fingerprint density at radius 2 is 1.82 bits per heavy atom. The normalized spacial score (nSPS) is 17.5. The van der Waals surface area contributed by atoms with Gasteiger partial charge < -0.3 is 17.0 Å². The molecule has 0 saturated heterocycles. The highest BCUT2D eigenvalue weighted by molar-refractivity contribution is 9.18. The molecular formula is C10H9Br5N2. The van der Waals surface area contributed by atoms with Gasteiger partial charge in [-0.2, -0.15) is 4.99 Å². The molecular weight excluding hydrogens is 548 g/mol. The second kappa shape index (κ2) is 6.61. The van der Waals surface area contributed by atoms with Crippen molar-refractivity contribution in [2.24, 2.45) is 4.99 Å². The SMILES string of the molecule is CCC[NH+]1C(Br)=Nc2cc(Br)c(Br)c(Br)c21.[Br-]. The van der Waals surface area contributed by atoms with Crippen LogP contribution in [-0.2, 0) is 0 Å². The maximum atomic E-state index is 4.53. The number of nitrogens with one attached hydrogen (secondary N) is 1. The fourth-order valence-corrected chi connectivity index (χ4v) is 3.95. The van der Waals surface area contributed by atoms with E-state index in [1.165, 1.54) is 10.6 Å². The minimum absolute atomic E-state index is 0. The van der Waals surface area contributed by atoms with Crippen LogP contribution >= 0.6 is 63.7 Å². The summed E-state index contributed by atoms with van der Waals surface area (Å²) in [5, 5.41) is 0. The third-order valence-electron chi connectivity index (χ3n) is 2.41. The lowest BCUT2D eigenvalue weighted by Crippen LogP contribution is -3.08. The van der Waals surface area contributed by atoms with E-state index in [0.29, 0.717) is 0 Å². The Bertz CT molecular complexity index is 472. The van der Waals surface area contributed by atoms with E-state index < -0.39 is 0 Å². The van der Waals surface area contributed by atoms with Gasteiger partial charge in [-0.05, 0) is 60.3 Å². The first-order valence-corrected chi connectivity index (χ1v) is 8.01. The number of rotatable bonds is 2. The lowest BCUT2D eigenvalue weighted by Gasteiger charge is -2.13. The molecule has 1 aliphatic heterocycles. The zero-order valence-corrected chi connectivity index (χ0v) is 16.8. The molecule has 1 N–H and O–H groups in total. The number of benzene rings is 1. The first kappa shape index (κ1) is 16.3. The van der Waals surface area contributed by atoms with Gasteiger partial charge in [-0.25, -0.2) is 4.90 Å². The molecule has 0 spiro atoms. The summed E-state index contributed by atoms with van der Waals surface area (Å²) in [7, 11) is 0. The summed E-state index contributed by atoms with van der Waals surface area (Å²) in [6, 6.07) is 2.04. The standard InChI is InChI=1S/C10H8Br4N2.BrH/c1-2-3-16-9-6(15-10(16)14)4-5(11)7(12)8(9)13;/h4H,2-3H2,1H3;1H. The van der Waals surface area contributed by atoms with Crippen molar-refractivity contribution < 1.29 is 21.9 Å². The molecule has 1 aromatic rings. The highest BCUT2D eigenvalue weighted by atomic mass is 79.9. The second-order valence-electron chi connectivity index (χ2n) is 3.51. The van der Waals surface area contributed by atoms with Gasteiger partial charge in [-0.15, -0.1) is 0 Å². The first-order chi connectivity index (χ1) is 7.56. The van der Waals surface area contributed by atoms with Gasteiger partial charge in [-0.3, -0.25) is 0 Å². The van der Waals surface area contributed by atoms with Crippen LogP contribution < -0.4 is 21.9 Å². The zero-order valence-electron chi connectivity index (χ0n) is 8.83. The number of hydrogen-bond donors (Lipinski definition) is 1. The summed E-state index contributed by atoms with van der Waals surface area (Å²) in [4.78, 5) is 5.81. The number of amidine groups is 1. The average molecular weight is 557 g/mol. The summed E-state index contributed by atoms with van der Waals surface area (Å²) in [5.74, 6) is 0. The van der Waals surface area contributed by atoms with Gasteiger partial charge >= 0.3 is 0 Å². The monoisotopic (exact) mass is 552 g/mol. The van der Waals surface area contributed by atoms with Crippen molar-refractivity contribution in [1.29, 1.82) is 0 Å². The van der Waals surface area contributed by atoms with Crippen LogP contribution in [-0.4, -0.2) is 11.3 Å². The fraction of sp³-hybridized carbons (Fsp3) is 0.300. The van der Waals surface area contributed by atoms with Crippen LogP contribution in [0.25, 0.3) is 0 Å². The summed E-state index contributed by atoms with van der Waals surface area (Å²) in [6.45, 7) is 3.21. The Morgan fingerprint density at radius 3 is 2.41 bits per heavy atom. The summed E-state index contributed by atoms with van der Waals surface area (Å²) < 4.78 is 4.07. The Labute approximate surface area is 145 Å². The van der Waals surface area contributed by atoms with E-state index in [-0.39, 0.29) is 17.0 Å². The van der Waals surface area contributed by atoms with E-state index in [1.807, 2.05) is 6.07 Å². The van der Waals surface area contributed by atoms with Crippen LogP contribution in [0.2, 0.25) is 0 Å². The topological polar surface area (TPSA) is 16.8 Å². The predicted octanol–water partition coefficient (Wildman–Crippen LogP) is 1.30. The van der Waals surface area contributed by atoms with Crippen LogP contribution in [0.5, 0.6) is 0 Å². The van der Waals surface area contributed by atoms with Crippen molar-refractivity contribution in [1.82, 2.24) is 0 Å². The van der Waals surface area contributed by atoms with Crippen molar-refractivity contribution in [3.05, 3.63) is 19.5 Å². The highest BCUT2D eigenvalue weighted by Crippen LogP contribution is 2.43. The Balaban J connectivity index is 0.00000144. The third-order valence-corrected chi connectivity index (χ3v) is 6.37. The second-order valence-corrected chi connectivity index (χ2v) is 6.70. The first-order valence-electron chi connectivity index (χ1n) is 4.84. The summed E-state index contributed by atoms with van der Waals surface area (Å²) in [6.07, 6.45) is 1.11. The van der Waals surface area contributed by atoms with Gasteiger partial charge in [0.2, 0.25) is 0 Å². The lowest BCUT2D eigenvalue weighted by molar-refractivity contribution is -0.723. The number of hydrogen-bond acceptors (Lipinski definition) is 1. The lowest BCUT2D eigenvalue weighted by atomic mass is 10.2. The minimum Gasteiger partial charge on any atom is -1.00 e. The van der Waals surface area contributed by atoms with Crippen molar-refractivity contribution in [3.63, 3.8) is 0 Å². The van der Waals surface area contributed by atoms with E-state index >= 15 is 0 Å². The molecule has 1 aliphatic rings. The molecule has 2 nitrogen and oxygen atoms in total. The van der Waals surface area contributed by atoms with E-state index in [0.717, 1.165) is 36.8 Å². The molecule has 7 heteroatoms. The third kappa shape index (κ3) is 3.05. The van der Waals surface area contributed by atoms with Crippen molar-refractivity contribution >= 4 is 79.8 Å². The van der Waals surface area contributed by atoms with Crippen molar-refractivity contribution in [2.45, 2.75) is 13.3 Å². The maximum Gasteiger partial charge on any atom is 0.275 e. The van der Waals surface area contributed by atoms with Gasteiger partial charge in [0, 0.05) is 20.4 Å². The van der Waals surface area contributed by atoms with E-state index in [1.54, 1.807) is 0 Å². The number of nitrogens with zero attached hydrogens (tertiary/aromatic N) is 1. The maximum absolute atomic E-state index is 4.53. The molecule has 0 fully saturated rings. The Hall–Kier alpha value is 1.25. The minimum atomic E-state index is 0. The van der Waals surface area contributed by atoms with Gasteiger partial charge in [0.25, 0.3) is 4.74 Å². The molecule has 1 atom stereocenters. The van der Waals surface area contributed by atoms with E-state index in [2.05, 4.69) is 75.6 Å². The molecule has 17 heavy (non-hydrogen) atoms. The fourth-order valence-electron chi connectivity index (χ4n) is 1.71. The number of halogens is 5. The molecule has 0 amide bonds. The van der Waals surface area contributed by atoms with Crippen LogP contribution in [0.15, 0.2) is 24.5 Å². The van der Waals surface area contributed by atoms with Crippen molar-refractivity contribution in [3.8, 4) is 0 Å². The largest absolute Gasteiger partial charge is 1.00 e. The number of quaternary nitrogens is 1. The highest BCUT2D eigenvalue weighted by Gasteiger charge is 2.32. The van der Waals surface area contributed by atoms with Crippen molar-refractivity contribution in [2.75, 3.05) is 6.54 Å². The van der Waals surface area contributed by atoms with Crippen LogP contribution in [0.4, 0.5) is 11.4 Å². The molecule has 1 aromatic carbocycles. The Kier molecular flexibility index (Phi) is 6.34.